The summed E-state index contributed by atoms with van der Waals surface area (Å²) >= 11 is 0. The molecule has 0 aliphatic carbocycles. The summed E-state index contributed by atoms with van der Waals surface area (Å²) in [4.78, 5) is 0.206. The van der Waals surface area contributed by atoms with Crippen molar-refractivity contribution in [2.24, 2.45) is 4.40 Å². The third-order valence-corrected chi connectivity index (χ3v) is 4.23. The lowest BCUT2D eigenvalue weighted by Gasteiger charge is -1.99. The second kappa shape index (κ2) is 5.64. The number of benzene rings is 2. The van der Waals surface area contributed by atoms with Gasteiger partial charge in [0.2, 0.25) is 0 Å². The van der Waals surface area contributed by atoms with Crippen LogP contribution in [0, 0.1) is 6.92 Å². The predicted molar refractivity (Wildman–Crippen MR) is 81.7 cm³/mol. The van der Waals surface area contributed by atoms with E-state index in [-0.39, 0.29) is 4.90 Å². The van der Waals surface area contributed by atoms with E-state index in [0.29, 0.717) is 0 Å². The maximum atomic E-state index is 12.0. The Morgan fingerprint density at radius 2 is 1.58 bits per heavy atom. The average Bonchev–Trinajstić information content (AvgIpc) is 2.39. The molecule has 98 valence electrons. The third kappa shape index (κ3) is 3.72. The highest BCUT2D eigenvalue weighted by Gasteiger charge is 2.10. The molecule has 2 aromatic rings. The molecule has 0 saturated heterocycles. The minimum atomic E-state index is -3.62. The van der Waals surface area contributed by atoms with E-state index in [1.807, 2.05) is 31.2 Å². The molecular weight excluding hydrogens is 277 g/mol. The van der Waals surface area contributed by atoms with Gasteiger partial charge in [-0.2, -0.15) is 12.8 Å². The van der Waals surface area contributed by atoms with Gasteiger partial charge in [-0.3, -0.25) is 0 Å². The molecule has 0 aromatic heterocycles. The summed E-state index contributed by atoms with van der Waals surface area (Å²) in [5, 5.41) is 1.04. The molecule has 0 heterocycles. The van der Waals surface area contributed by atoms with Gasteiger partial charge in [0.25, 0.3) is 10.0 Å². The van der Waals surface area contributed by atoms with Crippen molar-refractivity contribution in [2.45, 2.75) is 11.8 Å². The summed E-state index contributed by atoms with van der Waals surface area (Å²) in [6.07, 6.45) is 1.36. The van der Waals surface area contributed by atoms with E-state index >= 15 is 0 Å². The molecule has 0 aliphatic heterocycles. The zero-order valence-corrected chi connectivity index (χ0v) is 12.4. The molecule has 0 saturated carbocycles. The normalized spacial score (nSPS) is 11.9. The number of aryl methyl sites for hydroxylation is 1. The lowest BCUT2D eigenvalue weighted by atomic mass is 10.2. The lowest BCUT2D eigenvalue weighted by Crippen LogP contribution is -1.98. The summed E-state index contributed by atoms with van der Waals surface area (Å²) in [7, 11) is -1.05. The Kier molecular flexibility index (Phi) is 4.13. The molecule has 3 nitrogen and oxygen atoms in total. The van der Waals surface area contributed by atoms with Crippen LogP contribution < -0.4 is 5.30 Å². The van der Waals surface area contributed by atoms with Gasteiger partial charge in [-0.1, -0.05) is 42.0 Å². The van der Waals surface area contributed by atoms with Gasteiger partial charge >= 0.3 is 0 Å². The van der Waals surface area contributed by atoms with Crippen molar-refractivity contribution in [1.82, 2.24) is 0 Å². The second-order valence-electron chi connectivity index (χ2n) is 4.19. The smallest absolute Gasteiger partial charge is 0.199 e. The molecule has 0 aliphatic rings. The van der Waals surface area contributed by atoms with E-state index in [1.54, 1.807) is 24.3 Å². The topological polar surface area (TPSA) is 46.5 Å². The first-order chi connectivity index (χ1) is 8.97. The first kappa shape index (κ1) is 13.9. The van der Waals surface area contributed by atoms with Gasteiger partial charge in [-0.05, 0) is 29.9 Å². The molecule has 0 radical (unpaired) electrons. The monoisotopic (exact) mass is 291 g/mol. The molecule has 2 rings (SSSR count). The summed E-state index contributed by atoms with van der Waals surface area (Å²) in [5.41, 5.74) is 1.76. The Labute approximate surface area is 115 Å². The Bertz CT molecular complexity index is 689. The van der Waals surface area contributed by atoms with Gasteiger partial charge in [0, 0.05) is 6.21 Å². The van der Waals surface area contributed by atoms with E-state index in [9.17, 15) is 8.42 Å². The molecule has 5 heteroatoms. The number of nitrogens with zero attached hydrogens (tertiary/aromatic N) is 1. The standard InChI is InChI=1S/C14H14NO2PS/c1-11-2-8-14(9-3-11)19(16,17)15-10-12-4-6-13(18)7-5-12/h2-10H,18H2,1H3. The van der Waals surface area contributed by atoms with Crippen LogP contribution in [-0.4, -0.2) is 14.6 Å². The van der Waals surface area contributed by atoms with Crippen molar-refractivity contribution in [2.75, 3.05) is 0 Å². The van der Waals surface area contributed by atoms with Gasteiger partial charge in [-0.25, -0.2) is 0 Å². The Balaban J connectivity index is 2.26. The molecule has 19 heavy (non-hydrogen) atoms. The molecular formula is C14H14NO2PS. The minimum absolute atomic E-state index is 0.206. The fourth-order valence-corrected chi connectivity index (χ4v) is 2.54. The first-order valence-corrected chi connectivity index (χ1v) is 7.72. The fraction of sp³-hybridized carbons (Fsp3) is 0.0714. The highest BCUT2D eigenvalue weighted by Crippen LogP contribution is 2.13. The van der Waals surface area contributed by atoms with Crippen molar-refractivity contribution >= 4 is 30.8 Å². The number of hydrogen-bond acceptors (Lipinski definition) is 2. The van der Waals surface area contributed by atoms with E-state index in [4.69, 9.17) is 0 Å². The molecule has 1 atom stereocenters. The summed E-state index contributed by atoms with van der Waals surface area (Å²) in [6.45, 7) is 1.91. The predicted octanol–water partition coefficient (Wildman–Crippen LogP) is 2.30. The van der Waals surface area contributed by atoms with Crippen LogP contribution in [0.15, 0.2) is 57.8 Å². The summed E-state index contributed by atoms with van der Waals surface area (Å²) < 4.78 is 27.7. The zero-order valence-electron chi connectivity index (χ0n) is 10.4. The van der Waals surface area contributed by atoms with Crippen LogP contribution in [0.25, 0.3) is 0 Å². The van der Waals surface area contributed by atoms with E-state index in [2.05, 4.69) is 13.6 Å². The molecule has 1 unspecified atom stereocenters. The van der Waals surface area contributed by atoms with Crippen LogP contribution in [0.4, 0.5) is 0 Å². The van der Waals surface area contributed by atoms with E-state index < -0.39 is 10.0 Å². The molecule has 2 aromatic carbocycles. The first-order valence-electron chi connectivity index (χ1n) is 5.70. The maximum absolute atomic E-state index is 12.0. The van der Waals surface area contributed by atoms with Crippen LogP contribution >= 0.6 is 9.24 Å². The minimum Gasteiger partial charge on any atom is -0.199 e. The Hall–Kier alpha value is -1.51. The molecule has 0 amide bonds. The van der Waals surface area contributed by atoms with Gasteiger partial charge in [0.05, 0.1) is 4.90 Å². The van der Waals surface area contributed by atoms with Crippen molar-refractivity contribution in [1.29, 1.82) is 0 Å². The highest BCUT2D eigenvalue weighted by atomic mass is 32.2. The molecule has 0 spiro atoms. The SMILES string of the molecule is Cc1ccc(S(=O)(=O)N=Cc2ccc(P)cc2)cc1. The fourth-order valence-electron chi connectivity index (χ4n) is 1.48. The van der Waals surface area contributed by atoms with Crippen molar-refractivity contribution in [3.05, 3.63) is 59.7 Å². The van der Waals surface area contributed by atoms with E-state index in [0.717, 1.165) is 16.4 Å². The van der Waals surface area contributed by atoms with Crippen LogP contribution in [0.1, 0.15) is 11.1 Å². The van der Waals surface area contributed by atoms with Crippen LogP contribution in [0.2, 0.25) is 0 Å². The number of hydrogen-bond donors (Lipinski definition) is 0. The number of rotatable bonds is 3. The van der Waals surface area contributed by atoms with Crippen molar-refractivity contribution < 1.29 is 8.42 Å². The molecule has 0 N–H and O–H groups in total. The third-order valence-electron chi connectivity index (χ3n) is 2.60. The van der Waals surface area contributed by atoms with Gasteiger partial charge in [0.1, 0.15) is 0 Å². The van der Waals surface area contributed by atoms with Gasteiger partial charge in [-0.15, -0.1) is 9.24 Å². The Morgan fingerprint density at radius 3 is 2.16 bits per heavy atom. The maximum Gasteiger partial charge on any atom is 0.282 e. The number of sulfonamides is 1. The average molecular weight is 291 g/mol. The van der Waals surface area contributed by atoms with Crippen LogP contribution in [0.5, 0.6) is 0 Å². The Morgan fingerprint density at radius 1 is 1.00 bits per heavy atom. The molecule has 0 fully saturated rings. The zero-order chi connectivity index (χ0) is 13.9. The summed E-state index contributed by atoms with van der Waals surface area (Å²) in [6, 6.07) is 14.0. The largest absolute Gasteiger partial charge is 0.282 e. The molecule has 0 bridgehead atoms. The van der Waals surface area contributed by atoms with Crippen LogP contribution in [-0.2, 0) is 10.0 Å². The summed E-state index contributed by atoms with van der Waals surface area (Å²) in [5.74, 6) is 0. The second-order valence-corrected chi connectivity index (χ2v) is 6.49. The van der Waals surface area contributed by atoms with Crippen molar-refractivity contribution in [3.8, 4) is 0 Å². The highest BCUT2D eigenvalue weighted by molar-refractivity contribution is 7.90. The van der Waals surface area contributed by atoms with E-state index in [1.165, 1.54) is 6.21 Å². The van der Waals surface area contributed by atoms with Crippen molar-refractivity contribution in [3.63, 3.8) is 0 Å². The van der Waals surface area contributed by atoms with Crippen LogP contribution in [0.3, 0.4) is 0 Å². The van der Waals surface area contributed by atoms with Gasteiger partial charge < -0.3 is 0 Å². The lowest BCUT2D eigenvalue weighted by molar-refractivity contribution is 0.598. The van der Waals surface area contributed by atoms with Gasteiger partial charge in [0.15, 0.2) is 0 Å². The quantitative estimate of drug-likeness (QED) is 0.643.